The molecule has 0 amide bonds. The number of aliphatic hydroxyl groups is 1. The molecule has 3 aromatic rings. The van der Waals surface area contributed by atoms with Gasteiger partial charge in [0, 0.05) is 16.6 Å². The minimum Gasteiger partial charge on any atom is -0.507 e. The van der Waals surface area contributed by atoms with Crippen molar-refractivity contribution in [1.29, 1.82) is 0 Å². The summed E-state index contributed by atoms with van der Waals surface area (Å²) >= 11 is 5.89. The van der Waals surface area contributed by atoms with Crippen molar-refractivity contribution < 1.29 is 10.2 Å². The maximum absolute atomic E-state index is 10.1. The molecule has 0 spiro atoms. The summed E-state index contributed by atoms with van der Waals surface area (Å²) in [5.74, 6) is 0.593. The molecular formula is C16H16ClN5O2. The second-order valence-corrected chi connectivity index (χ2v) is 6.87. The van der Waals surface area contributed by atoms with Gasteiger partial charge in [-0.15, -0.1) is 10.2 Å². The highest BCUT2D eigenvalue weighted by molar-refractivity contribution is 6.30. The van der Waals surface area contributed by atoms with E-state index >= 15 is 0 Å². The van der Waals surface area contributed by atoms with Crippen LogP contribution in [0, 0.1) is 0 Å². The Kier molecular flexibility index (Phi) is 3.36. The molecule has 3 N–H and O–H groups in total. The number of rotatable bonds is 3. The molecule has 1 aliphatic carbocycles. The Bertz CT molecular complexity index is 916. The highest BCUT2D eigenvalue weighted by Crippen LogP contribution is 2.35. The highest BCUT2D eigenvalue weighted by Gasteiger charge is 2.38. The monoisotopic (exact) mass is 345 g/mol. The number of hydrogen-bond acceptors (Lipinski definition) is 6. The number of phenols is 1. The molecule has 24 heavy (non-hydrogen) atoms. The number of phenolic OH excluding ortho intramolecular Hbond substituents is 1. The van der Waals surface area contributed by atoms with E-state index in [1.807, 2.05) is 6.92 Å². The van der Waals surface area contributed by atoms with E-state index < -0.39 is 5.60 Å². The van der Waals surface area contributed by atoms with Gasteiger partial charge in [0.05, 0.1) is 17.3 Å². The number of aromatic nitrogens is 4. The molecule has 124 valence electrons. The van der Waals surface area contributed by atoms with Crippen LogP contribution in [0.5, 0.6) is 5.75 Å². The van der Waals surface area contributed by atoms with Crippen LogP contribution in [0.3, 0.4) is 0 Å². The lowest BCUT2D eigenvalue weighted by Crippen LogP contribution is -2.48. The molecule has 0 unspecified atom stereocenters. The first-order valence-electron chi connectivity index (χ1n) is 7.59. The maximum atomic E-state index is 10.1. The number of nitrogens with one attached hydrogen (secondary N) is 1. The van der Waals surface area contributed by atoms with Crippen LogP contribution in [0.4, 0.5) is 5.95 Å². The summed E-state index contributed by atoms with van der Waals surface area (Å²) in [4.78, 5) is 4.16. The average molecular weight is 346 g/mol. The molecular weight excluding hydrogens is 330 g/mol. The van der Waals surface area contributed by atoms with Crippen LogP contribution >= 0.6 is 11.6 Å². The van der Waals surface area contributed by atoms with Gasteiger partial charge in [-0.1, -0.05) is 11.6 Å². The Hall–Kier alpha value is -2.38. The molecule has 1 aromatic carbocycles. The van der Waals surface area contributed by atoms with Gasteiger partial charge >= 0.3 is 0 Å². The number of benzene rings is 1. The highest BCUT2D eigenvalue weighted by atomic mass is 35.5. The van der Waals surface area contributed by atoms with Gasteiger partial charge in [0.2, 0.25) is 5.95 Å². The first-order chi connectivity index (χ1) is 11.4. The Morgan fingerprint density at radius 2 is 2.12 bits per heavy atom. The van der Waals surface area contributed by atoms with Gasteiger partial charge in [0.1, 0.15) is 17.8 Å². The summed E-state index contributed by atoms with van der Waals surface area (Å²) in [5, 5.41) is 32.2. The molecule has 0 radical (unpaired) electrons. The lowest BCUT2D eigenvalue weighted by atomic mass is 9.77. The van der Waals surface area contributed by atoms with Gasteiger partial charge < -0.3 is 15.5 Å². The fourth-order valence-corrected chi connectivity index (χ4v) is 3.28. The van der Waals surface area contributed by atoms with Crippen LogP contribution in [-0.2, 0) is 0 Å². The lowest BCUT2D eigenvalue weighted by Gasteiger charge is -2.41. The van der Waals surface area contributed by atoms with Crippen molar-refractivity contribution in [3.63, 3.8) is 0 Å². The third-order valence-corrected chi connectivity index (χ3v) is 4.51. The zero-order chi connectivity index (χ0) is 16.9. The Labute approximate surface area is 142 Å². The topological polar surface area (TPSA) is 95.6 Å². The number of halogens is 1. The van der Waals surface area contributed by atoms with Gasteiger partial charge in [-0.25, -0.2) is 4.98 Å². The lowest BCUT2D eigenvalue weighted by molar-refractivity contribution is -0.0236. The van der Waals surface area contributed by atoms with Crippen molar-refractivity contribution in [1.82, 2.24) is 19.6 Å². The molecule has 0 bridgehead atoms. The predicted molar refractivity (Wildman–Crippen MR) is 90.2 cm³/mol. The van der Waals surface area contributed by atoms with Gasteiger partial charge in [0.15, 0.2) is 0 Å². The standard InChI is InChI=1S/C16H16ClN5O2/c1-16(24)5-10(6-16)19-15-21-20-14(12-7-18-8-22(12)15)11-3-2-9(17)4-13(11)23/h2-4,7-8,10,23-24H,5-6H2,1H3,(H,19,21). The summed E-state index contributed by atoms with van der Waals surface area (Å²) in [6.07, 6.45) is 4.62. The van der Waals surface area contributed by atoms with E-state index in [-0.39, 0.29) is 11.8 Å². The molecule has 2 heterocycles. The molecule has 1 fully saturated rings. The minimum atomic E-state index is -0.617. The number of nitrogens with zero attached hydrogens (tertiary/aromatic N) is 4. The van der Waals surface area contributed by atoms with Crippen LogP contribution in [-0.4, -0.2) is 41.4 Å². The fraction of sp³-hybridized carbons (Fsp3) is 0.312. The third-order valence-electron chi connectivity index (χ3n) is 4.27. The first-order valence-corrected chi connectivity index (χ1v) is 7.97. The molecule has 1 saturated carbocycles. The number of anilines is 1. The van der Waals surface area contributed by atoms with Gasteiger partial charge in [-0.2, -0.15) is 0 Å². The van der Waals surface area contributed by atoms with E-state index in [0.29, 0.717) is 35.1 Å². The van der Waals surface area contributed by atoms with Crippen LogP contribution in [0.1, 0.15) is 19.8 Å². The summed E-state index contributed by atoms with van der Waals surface area (Å²) in [6, 6.07) is 5.00. The SMILES string of the molecule is CC1(O)CC(Nc2nnc(-c3ccc(Cl)cc3O)c3cncn23)C1. The van der Waals surface area contributed by atoms with E-state index in [0.717, 1.165) is 5.52 Å². The number of hydrogen-bond donors (Lipinski definition) is 3. The van der Waals surface area contributed by atoms with Crippen LogP contribution in [0.2, 0.25) is 5.02 Å². The largest absolute Gasteiger partial charge is 0.507 e. The molecule has 0 saturated heterocycles. The van der Waals surface area contributed by atoms with Crippen molar-refractivity contribution in [3.8, 4) is 17.0 Å². The fourth-order valence-electron chi connectivity index (χ4n) is 3.12. The Balaban J connectivity index is 1.72. The molecule has 8 heteroatoms. The minimum absolute atomic E-state index is 0.0376. The van der Waals surface area contributed by atoms with E-state index in [1.165, 1.54) is 6.07 Å². The van der Waals surface area contributed by atoms with Crippen molar-refractivity contribution in [2.75, 3.05) is 5.32 Å². The van der Waals surface area contributed by atoms with Crippen LogP contribution in [0.25, 0.3) is 16.8 Å². The van der Waals surface area contributed by atoms with Crippen molar-refractivity contribution in [3.05, 3.63) is 35.7 Å². The normalized spacial score (nSPS) is 23.2. The molecule has 0 aliphatic heterocycles. The predicted octanol–water partition coefficient (Wildman–Crippen LogP) is 2.48. The summed E-state index contributed by atoms with van der Waals surface area (Å²) < 4.78 is 1.78. The molecule has 7 nitrogen and oxygen atoms in total. The second-order valence-electron chi connectivity index (χ2n) is 6.43. The zero-order valence-electron chi connectivity index (χ0n) is 12.9. The number of imidazole rings is 1. The van der Waals surface area contributed by atoms with Gasteiger partial charge in [-0.3, -0.25) is 4.40 Å². The van der Waals surface area contributed by atoms with E-state index in [1.54, 1.807) is 29.1 Å². The summed E-state index contributed by atoms with van der Waals surface area (Å²) in [7, 11) is 0. The summed E-state index contributed by atoms with van der Waals surface area (Å²) in [6.45, 7) is 1.82. The van der Waals surface area contributed by atoms with Crippen molar-refractivity contribution in [2.24, 2.45) is 0 Å². The molecule has 0 atom stereocenters. The Morgan fingerprint density at radius 3 is 2.83 bits per heavy atom. The van der Waals surface area contributed by atoms with E-state index in [4.69, 9.17) is 11.6 Å². The van der Waals surface area contributed by atoms with E-state index in [2.05, 4.69) is 20.5 Å². The zero-order valence-corrected chi connectivity index (χ0v) is 13.7. The first kappa shape index (κ1) is 15.2. The van der Waals surface area contributed by atoms with Gasteiger partial charge in [-0.05, 0) is 38.0 Å². The molecule has 2 aromatic heterocycles. The smallest absolute Gasteiger partial charge is 0.229 e. The number of aromatic hydroxyl groups is 1. The van der Waals surface area contributed by atoms with Gasteiger partial charge in [0.25, 0.3) is 0 Å². The number of fused-ring (bicyclic) bond motifs is 1. The van der Waals surface area contributed by atoms with Crippen LogP contribution in [0.15, 0.2) is 30.7 Å². The van der Waals surface area contributed by atoms with Crippen LogP contribution < -0.4 is 5.32 Å². The third kappa shape index (κ3) is 2.55. The second kappa shape index (κ2) is 5.32. The maximum Gasteiger partial charge on any atom is 0.229 e. The van der Waals surface area contributed by atoms with Crippen molar-refractivity contribution >= 4 is 23.1 Å². The molecule has 1 aliphatic rings. The molecule has 4 rings (SSSR count). The van der Waals surface area contributed by atoms with Crippen molar-refractivity contribution in [2.45, 2.75) is 31.4 Å². The quantitative estimate of drug-likeness (QED) is 0.675. The average Bonchev–Trinajstić information content (AvgIpc) is 2.96. The summed E-state index contributed by atoms with van der Waals surface area (Å²) in [5.41, 5.74) is 1.16. The van der Waals surface area contributed by atoms with E-state index in [9.17, 15) is 10.2 Å². The Morgan fingerprint density at radius 1 is 1.33 bits per heavy atom.